The van der Waals surface area contributed by atoms with Crippen LogP contribution in [0.5, 0.6) is 0 Å². The van der Waals surface area contributed by atoms with Gasteiger partial charge in [-0.3, -0.25) is 9.48 Å². The molecular formula is C22H19N3OS. The molecule has 4 aromatic rings. The molecule has 1 aromatic heterocycles. The molecule has 0 atom stereocenters. The Balaban J connectivity index is 1.32. The fourth-order valence-electron chi connectivity index (χ4n) is 2.88. The van der Waals surface area contributed by atoms with Gasteiger partial charge in [0.2, 0.25) is 5.91 Å². The van der Waals surface area contributed by atoms with Gasteiger partial charge in [-0.25, -0.2) is 0 Å². The van der Waals surface area contributed by atoms with Gasteiger partial charge in [0, 0.05) is 23.0 Å². The number of nitrogens with one attached hydrogen (secondary N) is 1. The van der Waals surface area contributed by atoms with Crippen LogP contribution >= 0.6 is 11.8 Å². The Labute approximate surface area is 162 Å². The van der Waals surface area contributed by atoms with Crippen molar-refractivity contribution in [3.05, 3.63) is 90.8 Å². The maximum atomic E-state index is 12.2. The Morgan fingerprint density at radius 1 is 0.963 bits per heavy atom. The number of anilines is 1. The fourth-order valence-corrected chi connectivity index (χ4v) is 3.62. The third-order valence-corrected chi connectivity index (χ3v) is 5.23. The minimum Gasteiger partial charge on any atom is -0.325 e. The third-order valence-electron chi connectivity index (χ3n) is 4.23. The Hall–Kier alpha value is -3.05. The molecular weight excluding hydrogens is 354 g/mol. The molecule has 0 bridgehead atoms. The van der Waals surface area contributed by atoms with Crippen molar-refractivity contribution in [2.75, 3.05) is 11.1 Å². The van der Waals surface area contributed by atoms with E-state index in [-0.39, 0.29) is 5.91 Å². The Kier molecular flexibility index (Phi) is 5.21. The van der Waals surface area contributed by atoms with Crippen molar-refractivity contribution in [3.8, 4) is 0 Å². The lowest BCUT2D eigenvalue weighted by Crippen LogP contribution is -2.14. The highest BCUT2D eigenvalue weighted by atomic mass is 32.2. The zero-order valence-electron chi connectivity index (χ0n) is 14.7. The first-order valence-electron chi connectivity index (χ1n) is 8.74. The molecule has 0 aliphatic carbocycles. The van der Waals surface area contributed by atoms with E-state index >= 15 is 0 Å². The van der Waals surface area contributed by atoms with Gasteiger partial charge in [0.15, 0.2) is 0 Å². The largest absolute Gasteiger partial charge is 0.325 e. The average Bonchev–Trinajstić information content (AvgIpc) is 3.21. The average molecular weight is 373 g/mol. The highest BCUT2D eigenvalue weighted by Crippen LogP contribution is 2.23. The van der Waals surface area contributed by atoms with Crippen LogP contribution in [0.3, 0.4) is 0 Å². The van der Waals surface area contributed by atoms with E-state index in [1.807, 2.05) is 53.3 Å². The van der Waals surface area contributed by atoms with Crippen LogP contribution in [0.4, 0.5) is 5.69 Å². The second kappa shape index (κ2) is 8.10. The van der Waals surface area contributed by atoms with Gasteiger partial charge in [0.1, 0.15) is 0 Å². The Morgan fingerprint density at radius 2 is 1.78 bits per heavy atom. The first kappa shape index (κ1) is 17.4. The molecule has 0 spiro atoms. The quantitative estimate of drug-likeness (QED) is 0.493. The van der Waals surface area contributed by atoms with E-state index in [2.05, 4.69) is 40.7 Å². The molecule has 4 nitrogen and oxygen atoms in total. The minimum atomic E-state index is -0.00650. The van der Waals surface area contributed by atoms with Gasteiger partial charge in [-0.1, -0.05) is 42.5 Å². The van der Waals surface area contributed by atoms with Gasteiger partial charge in [-0.2, -0.15) is 5.10 Å². The number of nitrogens with zero attached hydrogens (tertiary/aromatic N) is 2. The summed E-state index contributed by atoms with van der Waals surface area (Å²) in [4.78, 5) is 13.3. The summed E-state index contributed by atoms with van der Waals surface area (Å²) in [5.74, 6) is 0.376. The van der Waals surface area contributed by atoms with Crippen LogP contribution in [0.2, 0.25) is 0 Å². The van der Waals surface area contributed by atoms with Gasteiger partial charge in [-0.15, -0.1) is 11.8 Å². The summed E-state index contributed by atoms with van der Waals surface area (Å²) < 4.78 is 1.87. The van der Waals surface area contributed by atoms with E-state index in [0.29, 0.717) is 5.75 Å². The zero-order valence-corrected chi connectivity index (χ0v) is 15.5. The number of hydrogen-bond donors (Lipinski definition) is 1. The molecule has 4 rings (SSSR count). The van der Waals surface area contributed by atoms with E-state index in [0.717, 1.165) is 22.7 Å². The number of carbonyl (C=O) groups is 1. The van der Waals surface area contributed by atoms with Crippen molar-refractivity contribution in [2.24, 2.45) is 0 Å². The summed E-state index contributed by atoms with van der Waals surface area (Å²) in [6, 6.07) is 24.3. The normalized spacial score (nSPS) is 10.8. The second-order valence-electron chi connectivity index (χ2n) is 6.25. The standard InChI is InChI=1S/C22H19N3OS/c26-22(16-27-21-11-8-18-4-1-2-5-19(18)14-21)24-20-9-6-17(7-10-20)15-25-13-3-12-23-25/h1-14H,15-16H2,(H,24,26). The number of thioether (sulfide) groups is 1. The summed E-state index contributed by atoms with van der Waals surface area (Å²) in [7, 11) is 0. The molecule has 0 fully saturated rings. The fraction of sp³-hybridized carbons (Fsp3) is 0.0909. The topological polar surface area (TPSA) is 46.9 Å². The van der Waals surface area contributed by atoms with E-state index in [9.17, 15) is 4.79 Å². The maximum Gasteiger partial charge on any atom is 0.234 e. The molecule has 0 radical (unpaired) electrons. The summed E-state index contributed by atoms with van der Waals surface area (Å²) in [6.45, 7) is 0.721. The van der Waals surface area contributed by atoms with Gasteiger partial charge in [0.05, 0.1) is 12.3 Å². The molecule has 1 N–H and O–H groups in total. The van der Waals surface area contributed by atoms with Gasteiger partial charge in [0.25, 0.3) is 0 Å². The number of rotatable bonds is 6. The molecule has 5 heteroatoms. The second-order valence-corrected chi connectivity index (χ2v) is 7.30. The van der Waals surface area contributed by atoms with Crippen LogP contribution in [0.1, 0.15) is 5.56 Å². The van der Waals surface area contributed by atoms with Crippen molar-refractivity contribution in [3.63, 3.8) is 0 Å². The summed E-state index contributed by atoms with van der Waals surface area (Å²) >= 11 is 1.54. The first-order valence-corrected chi connectivity index (χ1v) is 9.73. The first-order chi connectivity index (χ1) is 13.3. The predicted molar refractivity (Wildman–Crippen MR) is 111 cm³/mol. The Bertz CT molecular complexity index is 1040. The molecule has 27 heavy (non-hydrogen) atoms. The van der Waals surface area contributed by atoms with Gasteiger partial charge < -0.3 is 5.32 Å². The maximum absolute atomic E-state index is 12.2. The molecule has 134 valence electrons. The van der Waals surface area contributed by atoms with Gasteiger partial charge in [-0.05, 0) is 46.7 Å². The summed E-state index contributed by atoms with van der Waals surface area (Å²) in [5, 5.41) is 9.55. The van der Waals surface area contributed by atoms with Crippen molar-refractivity contribution in [1.82, 2.24) is 9.78 Å². The van der Waals surface area contributed by atoms with Crippen LogP contribution < -0.4 is 5.32 Å². The van der Waals surface area contributed by atoms with Crippen molar-refractivity contribution in [2.45, 2.75) is 11.4 Å². The minimum absolute atomic E-state index is 0.00650. The van der Waals surface area contributed by atoms with Crippen molar-refractivity contribution in [1.29, 1.82) is 0 Å². The molecule has 0 saturated heterocycles. The molecule has 3 aromatic carbocycles. The van der Waals surface area contributed by atoms with E-state index in [4.69, 9.17) is 0 Å². The molecule has 0 saturated carbocycles. The van der Waals surface area contributed by atoms with E-state index in [1.54, 1.807) is 18.0 Å². The lowest BCUT2D eigenvalue weighted by atomic mass is 10.1. The van der Waals surface area contributed by atoms with E-state index < -0.39 is 0 Å². The van der Waals surface area contributed by atoms with E-state index in [1.165, 1.54) is 10.8 Å². The van der Waals surface area contributed by atoms with Crippen molar-refractivity contribution < 1.29 is 4.79 Å². The Morgan fingerprint density at radius 3 is 2.56 bits per heavy atom. The summed E-state index contributed by atoms with van der Waals surface area (Å²) in [5.41, 5.74) is 1.95. The monoisotopic (exact) mass is 373 g/mol. The van der Waals surface area contributed by atoms with Crippen molar-refractivity contribution >= 4 is 34.1 Å². The van der Waals surface area contributed by atoms with Crippen LogP contribution in [0.25, 0.3) is 10.8 Å². The highest BCUT2D eigenvalue weighted by molar-refractivity contribution is 8.00. The number of amides is 1. The predicted octanol–water partition coefficient (Wildman–Crippen LogP) is 4.82. The third kappa shape index (κ3) is 4.57. The lowest BCUT2D eigenvalue weighted by Gasteiger charge is -2.07. The van der Waals surface area contributed by atoms with Crippen LogP contribution in [0, 0.1) is 0 Å². The van der Waals surface area contributed by atoms with Crippen LogP contribution in [-0.4, -0.2) is 21.4 Å². The molecule has 0 unspecified atom stereocenters. The van der Waals surface area contributed by atoms with Crippen LogP contribution in [-0.2, 0) is 11.3 Å². The van der Waals surface area contributed by atoms with Crippen LogP contribution in [0.15, 0.2) is 90.1 Å². The highest BCUT2D eigenvalue weighted by Gasteiger charge is 2.05. The number of benzene rings is 3. The molecule has 1 heterocycles. The SMILES string of the molecule is O=C(CSc1ccc2ccccc2c1)Nc1ccc(Cn2cccn2)cc1. The molecule has 1 amide bonds. The number of fused-ring (bicyclic) bond motifs is 1. The number of aromatic nitrogens is 2. The lowest BCUT2D eigenvalue weighted by molar-refractivity contribution is -0.113. The smallest absolute Gasteiger partial charge is 0.234 e. The number of hydrogen-bond acceptors (Lipinski definition) is 3. The zero-order chi connectivity index (χ0) is 18.5. The molecule has 0 aliphatic rings. The summed E-state index contributed by atoms with van der Waals surface area (Å²) in [6.07, 6.45) is 3.70. The van der Waals surface area contributed by atoms with Gasteiger partial charge >= 0.3 is 0 Å². The number of carbonyl (C=O) groups excluding carboxylic acids is 1. The molecule has 0 aliphatic heterocycles.